The lowest BCUT2D eigenvalue weighted by atomic mass is 10.3. The molecule has 0 unspecified atom stereocenters. The number of hydrogen-bond acceptors (Lipinski definition) is 5. The Balaban J connectivity index is 1.62. The maximum Gasteiger partial charge on any atom is 0.304 e. The minimum atomic E-state index is -0.765. The topological polar surface area (TPSA) is 60.9 Å². The van der Waals surface area contributed by atoms with Crippen LogP contribution in [0, 0.1) is 0 Å². The van der Waals surface area contributed by atoms with Crippen LogP contribution in [0.2, 0.25) is 0 Å². The number of aliphatic carboxylic acids is 1. The summed E-state index contributed by atoms with van der Waals surface area (Å²) in [7, 11) is 0. The molecule has 21 heavy (non-hydrogen) atoms. The predicted molar refractivity (Wildman–Crippen MR) is 85.8 cm³/mol. The number of hydrogen-bond donors (Lipinski definition) is 1. The lowest BCUT2D eigenvalue weighted by Gasteiger charge is -2.34. The van der Waals surface area contributed by atoms with Crippen molar-refractivity contribution in [2.45, 2.75) is 12.2 Å². The van der Waals surface area contributed by atoms with Crippen molar-refractivity contribution in [3.63, 3.8) is 0 Å². The highest BCUT2D eigenvalue weighted by Crippen LogP contribution is 2.17. The van der Waals surface area contributed by atoms with Crippen LogP contribution < -0.4 is 0 Å². The molecule has 5 nitrogen and oxygen atoms in total. The molecule has 7 heteroatoms. The first-order valence-corrected chi connectivity index (χ1v) is 9.00. The van der Waals surface area contributed by atoms with Crippen molar-refractivity contribution in [3.05, 3.63) is 22.4 Å². The van der Waals surface area contributed by atoms with Crippen LogP contribution in [-0.4, -0.2) is 65.3 Å². The van der Waals surface area contributed by atoms with Gasteiger partial charge in [-0.3, -0.25) is 14.5 Å². The Hall–Kier alpha value is -1.05. The van der Waals surface area contributed by atoms with Gasteiger partial charge in [0, 0.05) is 43.4 Å². The Kier molecular flexibility index (Phi) is 6.53. The van der Waals surface area contributed by atoms with Gasteiger partial charge in [0.1, 0.15) is 0 Å². The van der Waals surface area contributed by atoms with Gasteiger partial charge < -0.3 is 10.0 Å². The largest absolute Gasteiger partial charge is 0.481 e. The molecule has 0 saturated carbocycles. The van der Waals surface area contributed by atoms with E-state index in [-0.39, 0.29) is 12.3 Å². The second kappa shape index (κ2) is 8.41. The molecule has 0 aromatic carbocycles. The fourth-order valence-corrected chi connectivity index (χ4v) is 3.97. The molecule has 1 aromatic rings. The fraction of sp³-hybridized carbons (Fsp3) is 0.571. The Bertz CT molecular complexity index is 457. The van der Waals surface area contributed by atoms with E-state index in [4.69, 9.17) is 5.11 Å². The van der Waals surface area contributed by atoms with E-state index in [1.165, 1.54) is 4.88 Å². The first-order chi connectivity index (χ1) is 10.1. The summed E-state index contributed by atoms with van der Waals surface area (Å²) in [5.74, 6) is 0.836. The molecule has 1 saturated heterocycles. The van der Waals surface area contributed by atoms with Gasteiger partial charge in [0.2, 0.25) is 5.91 Å². The number of thiophene rings is 1. The van der Waals surface area contributed by atoms with Gasteiger partial charge in [0.25, 0.3) is 0 Å². The zero-order valence-corrected chi connectivity index (χ0v) is 13.5. The van der Waals surface area contributed by atoms with Crippen LogP contribution in [0.4, 0.5) is 0 Å². The van der Waals surface area contributed by atoms with Gasteiger partial charge in [-0.2, -0.15) is 0 Å². The third-order valence-electron chi connectivity index (χ3n) is 3.42. The molecule has 0 atom stereocenters. The highest BCUT2D eigenvalue weighted by molar-refractivity contribution is 7.99. The van der Waals surface area contributed by atoms with E-state index < -0.39 is 5.97 Å². The molecule has 0 aliphatic carbocycles. The molecule has 116 valence electrons. The van der Waals surface area contributed by atoms with E-state index in [0.29, 0.717) is 25.4 Å². The zero-order valence-electron chi connectivity index (χ0n) is 11.9. The average molecular weight is 328 g/mol. The average Bonchev–Trinajstić information content (AvgIpc) is 2.99. The standard InChI is InChI=1S/C14H20N2O3S2/c17-13(11-20-10-12-2-1-9-21-12)16-7-5-15(6-8-16)4-3-14(18)19/h1-2,9H,3-8,10-11H2,(H,18,19). The second-order valence-corrected chi connectivity index (χ2v) is 6.96. The smallest absolute Gasteiger partial charge is 0.304 e. The van der Waals surface area contributed by atoms with E-state index in [1.807, 2.05) is 16.3 Å². The molecule has 1 N–H and O–H groups in total. The van der Waals surface area contributed by atoms with Gasteiger partial charge >= 0.3 is 5.97 Å². The lowest BCUT2D eigenvalue weighted by molar-refractivity contribution is -0.138. The quantitative estimate of drug-likeness (QED) is 0.824. The molecule has 1 amide bonds. The van der Waals surface area contributed by atoms with Crippen LogP contribution in [0.1, 0.15) is 11.3 Å². The maximum atomic E-state index is 12.1. The molecule has 0 spiro atoms. The normalized spacial score (nSPS) is 16.1. The van der Waals surface area contributed by atoms with Crippen molar-refractivity contribution in [3.8, 4) is 0 Å². The van der Waals surface area contributed by atoms with Crippen LogP contribution in [0.5, 0.6) is 0 Å². The summed E-state index contributed by atoms with van der Waals surface area (Å²) in [4.78, 5) is 27.9. The van der Waals surface area contributed by atoms with Gasteiger partial charge in [0.05, 0.1) is 12.2 Å². The minimum Gasteiger partial charge on any atom is -0.481 e. The number of rotatable bonds is 7. The number of amides is 1. The van der Waals surface area contributed by atoms with E-state index in [2.05, 4.69) is 11.0 Å². The highest BCUT2D eigenvalue weighted by atomic mass is 32.2. The van der Waals surface area contributed by atoms with E-state index in [1.54, 1.807) is 23.1 Å². The molecule has 1 aliphatic rings. The molecule has 1 aromatic heterocycles. The molecule has 1 aliphatic heterocycles. The Morgan fingerprint density at radius 1 is 1.29 bits per heavy atom. The number of carboxylic acids is 1. The summed E-state index contributed by atoms with van der Waals surface area (Å²) in [5, 5.41) is 10.7. The van der Waals surface area contributed by atoms with Crippen molar-refractivity contribution in [1.82, 2.24) is 9.80 Å². The Morgan fingerprint density at radius 2 is 2.05 bits per heavy atom. The number of carbonyl (C=O) groups excluding carboxylic acids is 1. The third kappa shape index (κ3) is 5.68. The van der Waals surface area contributed by atoms with Gasteiger partial charge in [-0.05, 0) is 11.4 Å². The molecular weight excluding hydrogens is 308 g/mol. The Morgan fingerprint density at radius 3 is 2.67 bits per heavy atom. The number of carbonyl (C=O) groups is 2. The maximum absolute atomic E-state index is 12.1. The number of nitrogens with zero attached hydrogens (tertiary/aromatic N) is 2. The van der Waals surface area contributed by atoms with E-state index in [9.17, 15) is 9.59 Å². The summed E-state index contributed by atoms with van der Waals surface area (Å²) in [6, 6.07) is 4.11. The molecular formula is C14H20N2O3S2. The molecule has 1 fully saturated rings. The second-order valence-electron chi connectivity index (χ2n) is 4.94. The highest BCUT2D eigenvalue weighted by Gasteiger charge is 2.21. The Labute approximate surface area is 132 Å². The molecule has 0 radical (unpaired) electrons. The summed E-state index contributed by atoms with van der Waals surface area (Å²) in [6.45, 7) is 3.53. The van der Waals surface area contributed by atoms with Crippen LogP contribution in [-0.2, 0) is 15.3 Å². The van der Waals surface area contributed by atoms with E-state index >= 15 is 0 Å². The number of piperazine rings is 1. The number of thioether (sulfide) groups is 1. The van der Waals surface area contributed by atoms with Crippen LogP contribution in [0.15, 0.2) is 17.5 Å². The molecule has 2 heterocycles. The monoisotopic (exact) mass is 328 g/mol. The predicted octanol–water partition coefficient (Wildman–Crippen LogP) is 1.60. The molecule has 0 bridgehead atoms. The first-order valence-electron chi connectivity index (χ1n) is 6.97. The van der Waals surface area contributed by atoms with Crippen molar-refractivity contribution < 1.29 is 14.7 Å². The minimum absolute atomic E-state index is 0.171. The van der Waals surface area contributed by atoms with Crippen LogP contribution in [0.25, 0.3) is 0 Å². The van der Waals surface area contributed by atoms with Gasteiger partial charge in [-0.1, -0.05) is 6.07 Å². The van der Waals surface area contributed by atoms with Crippen LogP contribution >= 0.6 is 23.1 Å². The zero-order chi connectivity index (χ0) is 15.1. The summed E-state index contributed by atoms with van der Waals surface area (Å²) in [5.41, 5.74) is 0. The van der Waals surface area contributed by atoms with Crippen molar-refractivity contribution >= 4 is 35.0 Å². The van der Waals surface area contributed by atoms with Gasteiger partial charge in [0.15, 0.2) is 0 Å². The first kappa shape index (κ1) is 16.3. The number of carboxylic acid groups (broad SMARTS) is 1. The van der Waals surface area contributed by atoms with Crippen molar-refractivity contribution in [2.24, 2.45) is 0 Å². The summed E-state index contributed by atoms with van der Waals surface area (Å²) < 4.78 is 0. The SMILES string of the molecule is O=C(O)CCN1CCN(C(=O)CSCc2cccs2)CC1. The third-order valence-corrected chi connectivity index (χ3v) is 5.44. The van der Waals surface area contributed by atoms with Crippen LogP contribution in [0.3, 0.4) is 0 Å². The van der Waals surface area contributed by atoms with E-state index in [0.717, 1.165) is 18.8 Å². The fourth-order valence-electron chi connectivity index (χ4n) is 2.20. The van der Waals surface area contributed by atoms with Gasteiger partial charge in [-0.15, -0.1) is 23.1 Å². The summed E-state index contributed by atoms with van der Waals surface area (Å²) >= 11 is 3.37. The van der Waals surface area contributed by atoms with Crippen molar-refractivity contribution in [1.29, 1.82) is 0 Å². The van der Waals surface area contributed by atoms with Gasteiger partial charge in [-0.25, -0.2) is 0 Å². The van der Waals surface area contributed by atoms with Crippen molar-refractivity contribution in [2.75, 3.05) is 38.5 Å². The lowest BCUT2D eigenvalue weighted by Crippen LogP contribution is -2.49. The molecule has 2 rings (SSSR count). The summed E-state index contributed by atoms with van der Waals surface area (Å²) in [6.07, 6.45) is 0.171.